The van der Waals surface area contributed by atoms with E-state index < -0.39 is 0 Å². The van der Waals surface area contributed by atoms with Gasteiger partial charge in [-0.3, -0.25) is 0 Å². The van der Waals surface area contributed by atoms with Gasteiger partial charge in [0.1, 0.15) is 22.5 Å². The Morgan fingerprint density at radius 3 is 2.57 bits per heavy atom. The molecule has 2 saturated heterocycles. The molecule has 0 amide bonds. The van der Waals surface area contributed by atoms with Gasteiger partial charge in [0.25, 0.3) is 0 Å². The maximum atomic E-state index is 5.48. The topological polar surface area (TPSA) is 95.4 Å². The van der Waals surface area contributed by atoms with Crippen LogP contribution in [0.15, 0.2) is 36.7 Å². The summed E-state index contributed by atoms with van der Waals surface area (Å²) in [6, 6.07) is 8.06. The standard InChI is InChI=1S/C26H31N9OS/c1-3-33-6-8-35(9-7-33)26-29-18(2)14-23(32-26)31-22-16-20-21(17-28-22)37-25(30-20)19-4-5-27-24(15-19)34-10-12-36-13-11-34/h4-5,14-17H,3,6-13H2,1-2H3,(H,28,29,31,32). The Morgan fingerprint density at radius 2 is 1.76 bits per heavy atom. The smallest absolute Gasteiger partial charge is 0.227 e. The Labute approximate surface area is 220 Å². The normalized spacial score (nSPS) is 16.9. The molecule has 10 nitrogen and oxygen atoms in total. The molecule has 37 heavy (non-hydrogen) atoms. The monoisotopic (exact) mass is 517 g/mol. The molecule has 0 spiro atoms. The van der Waals surface area contributed by atoms with Gasteiger partial charge in [0.2, 0.25) is 5.95 Å². The van der Waals surface area contributed by atoms with Gasteiger partial charge in [0, 0.05) is 75.1 Å². The summed E-state index contributed by atoms with van der Waals surface area (Å²) in [6.07, 6.45) is 3.73. The van der Waals surface area contributed by atoms with Gasteiger partial charge in [-0.25, -0.2) is 19.9 Å². The minimum Gasteiger partial charge on any atom is -0.378 e. The highest BCUT2D eigenvalue weighted by atomic mass is 32.1. The Hall–Kier alpha value is -3.41. The summed E-state index contributed by atoms with van der Waals surface area (Å²) >= 11 is 1.64. The van der Waals surface area contributed by atoms with Gasteiger partial charge in [-0.05, 0) is 25.6 Å². The van der Waals surface area contributed by atoms with Crippen LogP contribution in [0.4, 0.5) is 23.4 Å². The van der Waals surface area contributed by atoms with Crippen LogP contribution in [-0.2, 0) is 4.74 Å². The summed E-state index contributed by atoms with van der Waals surface area (Å²) in [4.78, 5) is 30.6. The molecule has 192 valence electrons. The number of nitrogens with one attached hydrogen (secondary N) is 1. The highest BCUT2D eigenvalue weighted by molar-refractivity contribution is 7.21. The van der Waals surface area contributed by atoms with E-state index in [9.17, 15) is 0 Å². The van der Waals surface area contributed by atoms with Crippen molar-refractivity contribution in [1.29, 1.82) is 0 Å². The molecule has 0 bridgehead atoms. The second-order valence-corrected chi connectivity index (χ2v) is 10.3. The Kier molecular flexibility index (Phi) is 6.81. The lowest BCUT2D eigenvalue weighted by molar-refractivity contribution is 0.122. The largest absolute Gasteiger partial charge is 0.378 e. The van der Waals surface area contributed by atoms with Crippen LogP contribution in [0.2, 0.25) is 0 Å². The van der Waals surface area contributed by atoms with E-state index in [-0.39, 0.29) is 0 Å². The van der Waals surface area contributed by atoms with Gasteiger partial charge in [-0.1, -0.05) is 6.92 Å². The maximum Gasteiger partial charge on any atom is 0.227 e. The molecule has 4 aromatic rings. The van der Waals surface area contributed by atoms with Gasteiger partial charge >= 0.3 is 0 Å². The molecule has 2 aliphatic heterocycles. The fourth-order valence-electron chi connectivity index (χ4n) is 4.70. The van der Waals surface area contributed by atoms with Crippen molar-refractivity contribution in [3.63, 3.8) is 0 Å². The zero-order valence-corrected chi connectivity index (χ0v) is 22.0. The van der Waals surface area contributed by atoms with Crippen molar-refractivity contribution in [2.45, 2.75) is 13.8 Å². The highest BCUT2D eigenvalue weighted by Crippen LogP contribution is 2.32. The maximum absolute atomic E-state index is 5.48. The van der Waals surface area contributed by atoms with Crippen molar-refractivity contribution < 1.29 is 4.74 Å². The third kappa shape index (κ3) is 5.34. The molecule has 4 aromatic heterocycles. The highest BCUT2D eigenvalue weighted by Gasteiger charge is 2.19. The van der Waals surface area contributed by atoms with Gasteiger partial charge in [-0.15, -0.1) is 11.3 Å². The van der Waals surface area contributed by atoms with Crippen LogP contribution < -0.4 is 15.1 Å². The minimum atomic E-state index is 0.716. The molecule has 0 radical (unpaired) electrons. The lowest BCUT2D eigenvalue weighted by atomic mass is 10.2. The average Bonchev–Trinajstić information content (AvgIpc) is 3.37. The quantitative estimate of drug-likeness (QED) is 0.409. The number of hydrogen-bond donors (Lipinski definition) is 1. The number of rotatable bonds is 6. The van der Waals surface area contributed by atoms with E-state index in [1.54, 1.807) is 11.3 Å². The number of morpholine rings is 1. The molecule has 0 unspecified atom stereocenters. The molecule has 0 aromatic carbocycles. The average molecular weight is 518 g/mol. The number of fused-ring (bicyclic) bond motifs is 1. The number of hydrogen-bond acceptors (Lipinski definition) is 11. The third-order valence-electron chi connectivity index (χ3n) is 6.80. The lowest BCUT2D eigenvalue weighted by Crippen LogP contribution is -2.46. The summed E-state index contributed by atoms with van der Waals surface area (Å²) in [5.74, 6) is 3.19. The zero-order valence-electron chi connectivity index (χ0n) is 21.2. The van der Waals surface area contributed by atoms with E-state index in [0.717, 1.165) is 103 Å². The van der Waals surface area contributed by atoms with Gasteiger partial charge in [0.05, 0.1) is 23.4 Å². The van der Waals surface area contributed by atoms with E-state index in [2.05, 4.69) is 48.0 Å². The van der Waals surface area contributed by atoms with Gasteiger partial charge in [-0.2, -0.15) is 4.98 Å². The number of likely N-dealkylation sites (N-methyl/N-ethyl adjacent to an activating group) is 1. The second kappa shape index (κ2) is 10.5. The molecular weight excluding hydrogens is 486 g/mol. The van der Waals surface area contributed by atoms with Gasteiger partial charge in [0.15, 0.2) is 0 Å². The first kappa shape index (κ1) is 24.0. The number of aromatic nitrogens is 5. The summed E-state index contributed by atoms with van der Waals surface area (Å²) in [7, 11) is 0. The lowest BCUT2D eigenvalue weighted by Gasteiger charge is -2.34. The van der Waals surface area contributed by atoms with Gasteiger partial charge < -0.3 is 24.8 Å². The fourth-order valence-corrected chi connectivity index (χ4v) is 5.61. The van der Waals surface area contributed by atoms with Crippen molar-refractivity contribution >= 4 is 45.0 Å². The van der Waals surface area contributed by atoms with E-state index in [4.69, 9.17) is 14.7 Å². The molecule has 0 saturated carbocycles. The first-order valence-corrected chi connectivity index (χ1v) is 13.6. The van der Waals surface area contributed by atoms with E-state index in [0.29, 0.717) is 5.82 Å². The van der Waals surface area contributed by atoms with Crippen molar-refractivity contribution in [2.75, 3.05) is 74.1 Å². The number of ether oxygens (including phenoxy) is 1. The van der Waals surface area contributed by atoms with E-state index in [1.165, 1.54) is 0 Å². The number of nitrogens with zero attached hydrogens (tertiary/aromatic N) is 8. The minimum absolute atomic E-state index is 0.716. The van der Waals surface area contributed by atoms with Crippen LogP contribution >= 0.6 is 11.3 Å². The molecule has 1 N–H and O–H groups in total. The number of piperazine rings is 1. The Morgan fingerprint density at radius 1 is 0.919 bits per heavy atom. The SMILES string of the molecule is CCN1CCN(c2nc(C)cc(Nc3cc4nc(-c5ccnc(N6CCOCC6)c5)sc4cn3)n2)CC1. The molecule has 2 aliphatic rings. The Balaban J connectivity index is 1.21. The molecular formula is C26H31N9OS. The number of anilines is 4. The summed E-state index contributed by atoms with van der Waals surface area (Å²) in [6.45, 7) is 12.4. The zero-order chi connectivity index (χ0) is 25.2. The summed E-state index contributed by atoms with van der Waals surface area (Å²) < 4.78 is 6.52. The molecule has 11 heteroatoms. The van der Waals surface area contributed by atoms with Crippen LogP contribution in [0.1, 0.15) is 12.6 Å². The Bertz CT molecular complexity index is 1380. The van der Waals surface area contributed by atoms with Crippen LogP contribution in [0.3, 0.4) is 0 Å². The predicted molar refractivity (Wildman–Crippen MR) is 148 cm³/mol. The first-order valence-electron chi connectivity index (χ1n) is 12.8. The number of aryl methyl sites for hydroxylation is 1. The summed E-state index contributed by atoms with van der Waals surface area (Å²) in [5.41, 5.74) is 2.89. The van der Waals surface area contributed by atoms with Crippen molar-refractivity contribution in [1.82, 2.24) is 29.8 Å². The number of pyridine rings is 2. The van der Waals surface area contributed by atoms with Crippen LogP contribution in [0.25, 0.3) is 20.8 Å². The van der Waals surface area contributed by atoms with Crippen molar-refractivity contribution in [3.05, 3.63) is 42.4 Å². The fraction of sp³-hybridized carbons (Fsp3) is 0.423. The van der Waals surface area contributed by atoms with Crippen LogP contribution in [-0.4, -0.2) is 88.8 Å². The molecule has 6 rings (SSSR count). The second-order valence-electron chi connectivity index (χ2n) is 9.30. The third-order valence-corrected chi connectivity index (χ3v) is 7.86. The van der Waals surface area contributed by atoms with Crippen LogP contribution in [0, 0.1) is 6.92 Å². The van der Waals surface area contributed by atoms with Crippen LogP contribution in [0.5, 0.6) is 0 Å². The molecule has 6 heterocycles. The number of thiazole rings is 1. The van der Waals surface area contributed by atoms with E-state index >= 15 is 0 Å². The molecule has 0 atom stereocenters. The summed E-state index contributed by atoms with van der Waals surface area (Å²) in [5, 5.41) is 4.33. The molecule has 2 fully saturated rings. The van der Waals surface area contributed by atoms with Crippen molar-refractivity contribution in [3.8, 4) is 10.6 Å². The van der Waals surface area contributed by atoms with E-state index in [1.807, 2.05) is 37.5 Å². The molecule has 0 aliphatic carbocycles. The van der Waals surface area contributed by atoms with Crippen molar-refractivity contribution in [2.24, 2.45) is 0 Å². The predicted octanol–water partition coefficient (Wildman–Crippen LogP) is 3.57. The first-order chi connectivity index (χ1) is 18.1.